The molecule has 0 saturated heterocycles. The number of carbonyl (C=O) groups excluding carboxylic acids is 2. The van der Waals surface area contributed by atoms with Gasteiger partial charge in [0.15, 0.2) is 11.4 Å². The van der Waals surface area contributed by atoms with Gasteiger partial charge in [0.25, 0.3) is 5.91 Å². The van der Waals surface area contributed by atoms with E-state index in [1.807, 2.05) is 34.6 Å². The van der Waals surface area contributed by atoms with E-state index in [4.69, 9.17) is 0 Å². The van der Waals surface area contributed by atoms with Gasteiger partial charge in [-0.25, -0.2) is 0 Å². The van der Waals surface area contributed by atoms with Crippen LogP contribution in [0.2, 0.25) is 0 Å². The van der Waals surface area contributed by atoms with Gasteiger partial charge in [-0.15, -0.1) is 0 Å². The van der Waals surface area contributed by atoms with Gasteiger partial charge in [-0.2, -0.15) is 0 Å². The molecule has 0 aromatic heterocycles. The molecular formula is C21H22BrNO3. The molecule has 4 nitrogen and oxygen atoms in total. The SMILES string of the molecule is Cc1c(C)c(C)c(C(=O)C[C@]2(O)C(=O)Nc3ccc(Br)cc32)c(C)c1C. The van der Waals surface area contributed by atoms with Crippen LogP contribution in [-0.4, -0.2) is 16.8 Å². The quantitative estimate of drug-likeness (QED) is 0.729. The third-order valence-electron chi connectivity index (χ3n) is 5.75. The largest absolute Gasteiger partial charge is 0.375 e. The molecule has 0 fully saturated rings. The van der Waals surface area contributed by atoms with Gasteiger partial charge < -0.3 is 10.4 Å². The van der Waals surface area contributed by atoms with Crippen molar-refractivity contribution in [2.45, 2.75) is 46.6 Å². The predicted octanol–water partition coefficient (Wildman–Crippen LogP) is 4.40. The van der Waals surface area contributed by atoms with Crippen LogP contribution in [0, 0.1) is 34.6 Å². The van der Waals surface area contributed by atoms with Crippen molar-refractivity contribution in [2.24, 2.45) is 0 Å². The van der Waals surface area contributed by atoms with E-state index in [-0.39, 0.29) is 12.2 Å². The topological polar surface area (TPSA) is 66.4 Å². The third kappa shape index (κ3) is 2.70. The number of nitrogens with one attached hydrogen (secondary N) is 1. The Balaban J connectivity index is 2.08. The van der Waals surface area contributed by atoms with E-state index in [1.54, 1.807) is 18.2 Å². The van der Waals surface area contributed by atoms with Crippen LogP contribution >= 0.6 is 15.9 Å². The molecular weight excluding hydrogens is 394 g/mol. The van der Waals surface area contributed by atoms with E-state index >= 15 is 0 Å². The highest BCUT2D eigenvalue weighted by molar-refractivity contribution is 9.10. The first-order chi connectivity index (χ1) is 12.1. The van der Waals surface area contributed by atoms with E-state index < -0.39 is 11.5 Å². The van der Waals surface area contributed by atoms with Gasteiger partial charge in [0, 0.05) is 21.3 Å². The number of halogens is 1. The summed E-state index contributed by atoms with van der Waals surface area (Å²) >= 11 is 3.36. The lowest BCUT2D eigenvalue weighted by molar-refractivity contribution is -0.133. The molecule has 0 unspecified atom stereocenters. The number of anilines is 1. The van der Waals surface area contributed by atoms with E-state index in [1.165, 1.54) is 5.56 Å². The summed E-state index contributed by atoms with van der Waals surface area (Å²) in [6.45, 7) is 9.88. The Hall–Kier alpha value is -1.98. The standard InChI is InChI=1S/C21H22BrNO3/c1-10-11(2)13(4)19(14(5)12(10)3)18(24)9-21(26)16-8-15(22)6-7-17(16)23-20(21)25/h6-8,26H,9H2,1-5H3,(H,23,25)/t21-/m1/s1. The molecule has 1 aliphatic rings. The van der Waals surface area contributed by atoms with Crippen LogP contribution in [0.5, 0.6) is 0 Å². The highest BCUT2D eigenvalue weighted by Gasteiger charge is 2.47. The number of hydrogen-bond donors (Lipinski definition) is 2. The van der Waals surface area contributed by atoms with E-state index in [2.05, 4.69) is 21.2 Å². The lowest BCUT2D eigenvalue weighted by Crippen LogP contribution is -2.37. The molecule has 0 spiro atoms. The Kier molecular flexibility index (Phi) is 4.57. The fourth-order valence-corrected chi connectivity index (χ4v) is 4.09. The minimum Gasteiger partial charge on any atom is -0.375 e. The maximum absolute atomic E-state index is 13.2. The molecule has 0 aliphatic carbocycles. The Morgan fingerprint density at radius 3 is 2.15 bits per heavy atom. The second-order valence-electron chi connectivity index (χ2n) is 7.10. The normalized spacial score (nSPS) is 18.7. The molecule has 1 heterocycles. The summed E-state index contributed by atoms with van der Waals surface area (Å²) in [5, 5.41) is 13.8. The van der Waals surface area contributed by atoms with Crippen molar-refractivity contribution in [3.8, 4) is 0 Å². The molecule has 2 N–H and O–H groups in total. The molecule has 3 rings (SSSR count). The van der Waals surface area contributed by atoms with Crippen LogP contribution in [0.25, 0.3) is 0 Å². The van der Waals surface area contributed by atoms with E-state index in [9.17, 15) is 14.7 Å². The number of benzene rings is 2. The smallest absolute Gasteiger partial charge is 0.261 e. The average molecular weight is 416 g/mol. The molecule has 136 valence electrons. The Morgan fingerprint density at radius 1 is 1.04 bits per heavy atom. The van der Waals surface area contributed by atoms with Crippen LogP contribution in [0.1, 0.15) is 50.2 Å². The van der Waals surface area contributed by atoms with Crippen molar-refractivity contribution in [1.82, 2.24) is 0 Å². The van der Waals surface area contributed by atoms with Crippen molar-refractivity contribution in [1.29, 1.82) is 0 Å². The lowest BCUT2D eigenvalue weighted by atomic mass is 9.82. The van der Waals surface area contributed by atoms with Crippen LogP contribution in [0.4, 0.5) is 5.69 Å². The first kappa shape index (κ1) is 18.8. The molecule has 5 heteroatoms. The molecule has 1 amide bonds. The molecule has 0 saturated carbocycles. The molecule has 0 radical (unpaired) electrons. The summed E-state index contributed by atoms with van der Waals surface area (Å²) in [7, 11) is 0. The van der Waals surface area contributed by atoms with Gasteiger partial charge in [0.2, 0.25) is 0 Å². The zero-order valence-corrected chi connectivity index (χ0v) is 17.2. The minimum atomic E-state index is -1.86. The number of carbonyl (C=O) groups is 2. The van der Waals surface area contributed by atoms with Gasteiger partial charge in [-0.3, -0.25) is 9.59 Å². The van der Waals surface area contributed by atoms with Gasteiger partial charge in [0.1, 0.15) is 0 Å². The second kappa shape index (κ2) is 6.32. The molecule has 1 aliphatic heterocycles. The zero-order chi connectivity index (χ0) is 19.4. The summed E-state index contributed by atoms with van der Waals surface area (Å²) in [4.78, 5) is 25.6. The first-order valence-electron chi connectivity index (χ1n) is 8.52. The number of ketones is 1. The number of Topliss-reactive ketones (excluding diaryl/α,β-unsaturated/α-hetero) is 1. The maximum Gasteiger partial charge on any atom is 0.261 e. The van der Waals surface area contributed by atoms with Crippen LogP contribution in [0.15, 0.2) is 22.7 Å². The third-order valence-corrected chi connectivity index (χ3v) is 6.24. The Morgan fingerprint density at radius 2 is 1.58 bits per heavy atom. The molecule has 2 aromatic carbocycles. The lowest BCUT2D eigenvalue weighted by Gasteiger charge is -2.23. The summed E-state index contributed by atoms with van der Waals surface area (Å²) in [6, 6.07) is 5.19. The molecule has 1 atom stereocenters. The van der Waals surface area contributed by atoms with Crippen LogP contribution in [-0.2, 0) is 10.4 Å². The van der Waals surface area contributed by atoms with Gasteiger partial charge in [-0.1, -0.05) is 15.9 Å². The van der Waals surface area contributed by atoms with Crippen molar-refractivity contribution < 1.29 is 14.7 Å². The number of amides is 1. The first-order valence-corrected chi connectivity index (χ1v) is 9.31. The highest BCUT2D eigenvalue weighted by Crippen LogP contribution is 2.41. The Labute approximate surface area is 161 Å². The summed E-state index contributed by atoms with van der Waals surface area (Å²) in [5.74, 6) is -0.786. The van der Waals surface area contributed by atoms with Crippen molar-refractivity contribution in [2.75, 3.05) is 5.32 Å². The van der Waals surface area contributed by atoms with Gasteiger partial charge in [-0.05, 0) is 80.6 Å². The fourth-order valence-electron chi connectivity index (χ4n) is 3.73. The summed E-state index contributed by atoms with van der Waals surface area (Å²) in [5.41, 5.74) is 4.85. The van der Waals surface area contributed by atoms with Crippen molar-refractivity contribution >= 4 is 33.3 Å². The van der Waals surface area contributed by atoms with Crippen molar-refractivity contribution in [3.05, 3.63) is 61.6 Å². The number of aliphatic hydroxyl groups is 1. The summed E-state index contributed by atoms with van der Waals surface area (Å²) < 4.78 is 0.744. The number of hydrogen-bond acceptors (Lipinski definition) is 3. The number of rotatable bonds is 3. The Bertz CT molecular complexity index is 935. The second-order valence-corrected chi connectivity index (χ2v) is 8.02. The van der Waals surface area contributed by atoms with E-state index in [0.717, 1.165) is 26.7 Å². The van der Waals surface area contributed by atoms with Crippen LogP contribution in [0.3, 0.4) is 0 Å². The zero-order valence-electron chi connectivity index (χ0n) is 15.6. The molecule has 2 aromatic rings. The maximum atomic E-state index is 13.2. The van der Waals surface area contributed by atoms with Gasteiger partial charge >= 0.3 is 0 Å². The molecule has 26 heavy (non-hydrogen) atoms. The number of fused-ring (bicyclic) bond motifs is 1. The average Bonchev–Trinajstić information content (AvgIpc) is 2.82. The monoisotopic (exact) mass is 415 g/mol. The highest BCUT2D eigenvalue weighted by atomic mass is 79.9. The van der Waals surface area contributed by atoms with Crippen molar-refractivity contribution in [3.63, 3.8) is 0 Å². The molecule has 0 bridgehead atoms. The van der Waals surface area contributed by atoms with Crippen LogP contribution < -0.4 is 5.32 Å². The summed E-state index contributed by atoms with van der Waals surface area (Å²) in [6.07, 6.45) is -0.286. The van der Waals surface area contributed by atoms with Gasteiger partial charge in [0.05, 0.1) is 6.42 Å². The van der Waals surface area contributed by atoms with E-state index in [0.29, 0.717) is 16.8 Å². The predicted molar refractivity (Wildman–Crippen MR) is 106 cm³/mol. The minimum absolute atomic E-state index is 0.225. The fraction of sp³-hybridized carbons (Fsp3) is 0.333.